The van der Waals surface area contributed by atoms with Crippen molar-refractivity contribution in [3.8, 4) is 0 Å². The average molecular weight is 282 g/mol. The molecule has 1 aliphatic heterocycles. The fourth-order valence-electron chi connectivity index (χ4n) is 2.77. The standard InChI is InChI=1S/C17H22N4/c1-14-18-8-7-17(20-14)12-19-16-6-4-5-15(11-16)13-21-9-2-3-10-21/h4-8,11,19H,2-3,9-10,12-13H2,1H3. The van der Waals surface area contributed by atoms with Crippen molar-refractivity contribution in [3.05, 3.63) is 53.6 Å². The van der Waals surface area contributed by atoms with E-state index in [9.17, 15) is 0 Å². The minimum atomic E-state index is 0.733. The predicted octanol–water partition coefficient (Wildman–Crippen LogP) is 2.99. The van der Waals surface area contributed by atoms with Crippen LogP contribution < -0.4 is 5.32 Å². The van der Waals surface area contributed by atoms with Gasteiger partial charge in [-0.2, -0.15) is 0 Å². The first kappa shape index (κ1) is 14.0. The molecule has 4 heteroatoms. The Bertz CT molecular complexity index is 591. The van der Waals surface area contributed by atoms with Crippen LogP contribution in [0.25, 0.3) is 0 Å². The second-order valence-corrected chi connectivity index (χ2v) is 5.63. The summed E-state index contributed by atoms with van der Waals surface area (Å²) < 4.78 is 0. The van der Waals surface area contributed by atoms with Gasteiger partial charge in [0.1, 0.15) is 5.82 Å². The first-order valence-electron chi connectivity index (χ1n) is 7.63. The molecule has 110 valence electrons. The minimum absolute atomic E-state index is 0.733. The predicted molar refractivity (Wildman–Crippen MR) is 85.0 cm³/mol. The number of hydrogen-bond acceptors (Lipinski definition) is 4. The number of aromatic nitrogens is 2. The van der Waals surface area contributed by atoms with Crippen molar-refractivity contribution >= 4 is 5.69 Å². The molecule has 4 nitrogen and oxygen atoms in total. The average Bonchev–Trinajstić information content (AvgIpc) is 2.99. The summed E-state index contributed by atoms with van der Waals surface area (Å²) in [5.41, 5.74) is 3.55. The Hall–Kier alpha value is -1.94. The van der Waals surface area contributed by atoms with Gasteiger partial charge in [-0.1, -0.05) is 12.1 Å². The highest BCUT2D eigenvalue weighted by Crippen LogP contribution is 2.16. The van der Waals surface area contributed by atoms with Gasteiger partial charge in [-0.05, 0) is 56.6 Å². The fraction of sp³-hybridized carbons (Fsp3) is 0.412. The molecule has 1 fully saturated rings. The summed E-state index contributed by atoms with van der Waals surface area (Å²) >= 11 is 0. The van der Waals surface area contributed by atoms with Gasteiger partial charge in [-0.15, -0.1) is 0 Å². The lowest BCUT2D eigenvalue weighted by molar-refractivity contribution is 0.331. The molecule has 1 aromatic heterocycles. The number of benzene rings is 1. The molecule has 0 unspecified atom stereocenters. The van der Waals surface area contributed by atoms with E-state index in [0.29, 0.717) is 0 Å². The summed E-state index contributed by atoms with van der Waals surface area (Å²) in [5.74, 6) is 0.817. The summed E-state index contributed by atoms with van der Waals surface area (Å²) in [6.07, 6.45) is 4.49. The summed E-state index contributed by atoms with van der Waals surface area (Å²) in [6.45, 7) is 6.18. The van der Waals surface area contributed by atoms with Crippen LogP contribution in [0.4, 0.5) is 5.69 Å². The number of anilines is 1. The third kappa shape index (κ3) is 4.02. The highest BCUT2D eigenvalue weighted by atomic mass is 15.1. The van der Waals surface area contributed by atoms with Crippen molar-refractivity contribution in [3.63, 3.8) is 0 Å². The Morgan fingerprint density at radius 1 is 1.19 bits per heavy atom. The zero-order valence-electron chi connectivity index (χ0n) is 12.5. The molecule has 1 saturated heterocycles. The molecule has 0 saturated carbocycles. The third-order valence-electron chi connectivity index (χ3n) is 3.84. The topological polar surface area (TPSA) is 41.1 Å². The van der Waals surface area contributed by atoms with E-state index in [0.717, 1.165) is 30.3 Å². The van der Waals surface area contributed by atoms with Gasteiger partial charge in [0.15, 0.2) is 0 Å². The number of hydrogen-bond donors (Lipinski definition) is 1. The zero-order valence-corrected chi connectivity index (χ0v) is 12.5. The maximum Gasteiger partial charge on any atom is 0.125 e. The van der Waals surface area contributed by atoms with E-state index in [2.05, 4.69) is 44.5 Å². The van der Waals surface area contributed by atoms with Gasteiger partial charge in [0, 0.05) is 18.4 Å². The Morgan fingerprint density at radius 2 is 2.05 bits per heavy atom. The lowest BCUT2D eigenvalue weighted by atomic mass is 10.2. The second-order valence-electron chi connectivity index (χ2n) is 5.63. The minimum Gasteiger partial charge on any atom is -0.379 e. The molecule has 2 aromatic rings. The molecule has 3 rings (SSSR count). The van der Waals surface area contributed by atoms with Gasteiger partial charge < -0.3 is 5.32 Å². The van der Waals surface area contributed by atoms with Gasteiger partial charge in [-0.25, -0.2) is 9.97 Å². The first-order valence-corrected chi connectivity index (χ1v) is 7.63. The van der Waals surface area contributed by atoms with Gasteiger partial charge in [-0.3, -0.25) is 4.90 Å². The summed E-state index contributed by atoms with van der Waals surface area (Å²) in [5, 5.41) is 3.44. The third-order valence-corrected chi connectivity index (χ3v) is 3.84. The van der Waals surface area contributed by atoms with Crippen LogP contribution >= 0.6 is 0 Å². The number of aryl methyl sites for hydroxylation is 1. The number of nitrogens with zero attached hydrogens (tertiary/aromatic N) is 3. The Morgan fingerprint density at radius 3 is 2.86 bits per heavy atom. The summed E-state index contributed by atoms with van der Waals surface area (Å²) in [7, 11) is 0. The second kappa shape index (κ2) is 6.68. The number of nitrogens with one attached hydrogen (secondary N) is 1. The van der Waals surface area contributed by atoms with Crippen LogP contribution in [-0.2, 0) is 13.1 Å². The Kier molecular flexibility index (Phi) is 4.46. The fourth-order valence-corrected chi connectivity index (χ4v) is 2.77. The molecule has 2 heterocycles. The van der Waals surface area contributed by atoms with Crippen molar-refractivity contribution < 1.29 is 0 Å². The molecule has 0 spiro atoms. The van der Waals surface area contributed by atoms with Gasteiger partial charge in [0.25, 0.3) is 0 Å². The molecule has 21 heavy (non-hydrogen) atoms. The van der Waals surface area contributed by atoms with E-state index < -0.39 is 0 Å². The quantitative estimate of drug-likeness (QED) is 0.915. The van der Waals surface area contributed by atoms with Crippen molar-refractivity contribution in [1.29, 1.82) is 0 Å². The van der Waals surface area contributed by atoms with E-state index in [4.69, 9.17) is 0 Å². The van der Waals surface area contributed by atoms with Crippen molar-refractivity contribution in [2.45, 2.75) is 32.9 Å². The van der Waals surface area contributed by atoms with Crippen LogP contribution in [0.2, 0.25) is 0 Å². The molecule has 0 atom stereocenters. The maximum atomic E-state index is 4.41. The van der Waals surface area contributed by atoms with E-state index in [-0.39, 0.29) is 0 Å². The van der Waals surface area contributed by atoms with Gasteiger partial charge >= 0.3 is 0 Å². The van der Waals surface area contributed by atoms with Crippen molar-refractivity contribution in [2.24, 2.45) is 0 Å². The van der Waals surface area contributed by atoms with Crippen LogP contribution in [-0.4, -0.2) is 28.0 Å². The molecule has 0 radical (unpaired) electrons. The van der Waals surface area contributed by atoms with E-state index >= 15 is 0 Å². The van der Waals surface area contributed by atoms with E-state index in [1.165, 1.54) is 31.5 Å². The summed E-state index contributed by atoms with van der Waals surface area (Å²) in [6, 6.07) is 10.6. The molecule has 1 aliphatic rings. The van der Waals surface area contributed by atoms with Crippen LogP contribution in [0.15, 0.2) is 36.5 Å². The van der Waals surface area contributed by atoms with Crippen LogP contribution in [0, 0.1) is 6.92 Å². The zero-order chi connectivity index (χ0) is 14.5. The Balaban J connectivity index is 1.60. The molecular weight excluding hydrogens is 260 g/mol. The highest BCUT2D eigenvalue weighted by molar-refractivity contribution is 5.46. The Labute approximate surface area is 126 Å². The molecular formula is C17H22N4. The monoisotopic (exact) mass is 282 g/mol. The molecule has 0 aliphatic carbocycles. The molecule has 0 amide bonds. The van der Waals surface area contributed by atoms with E-state index in [1.807, 2.05) is 19.2 Å². The van der Waals surface area contributed by atoms with E-state index in [1.54, 1.807) is 0 Å². The highest BCUT2D eigenvalue weighted by Gasteiger charge is 2.11. The normalized spacial score (nSPS) is 15.3. The number of likely N-dealkylation sites (tertiary alicyclic amines) is 1. The van der Waals surface area contributed by atoms with Crippen LogP contribution in [0.1, 0.15) is 29.9 Å². The van der Waals surface area contributed by atoms with Gasteiger partial charge in [0.05, 0.1) is 12.2 Å². The van der Waals surface area contributed by atoms with Crippen molar-refractivity contribution in [2.75, 3.05) is 18.4 Å². The molecule has 1 aromatic carbocycles. The lowest BCUT2D eigenvalue weighted by Crippen LogP contribution is -2.18. The number of rotatable bonds is 5. The first-order chi connectivity index (χ1) is 10.3. The maximum absolute atomic E-state index is 4.41. The molecule has 0 bridgehead atoms. The van der Waals surface area contributed by atoms with Crippen LogP contribution in [0.5, 0.6) is 0 Å². The van der Waals surface area contributed by atoms with Gasteiger partial charge in [0.2, 0.25) is 0 Å². The van der Waals surface area contributed by atoms with Crippen LogP contribution in [0.3, 0.4) is 0 Å². The smallest absolute Gasteiger partial charge is 0.125 e. The SMILES string of the molecule is Cc1nccc(CNc2cccc(CN3CCCC3)c2)n1. The lowest BCUT2D eigenvalue weighted by Gasteiger charge is -2.15. The summed E-state index contributed by atoms with van der Waals surface area (Å²) in [4.78, 5) is 11.1. The largest absolute Gasteiger partial charge is 0.379 e. The van der Waals surface area contributed by atoms with Crippen molar-refractivity contribution in [1.82, 2.24) is 14.9 Å². The molecule has 1 N–H and O–H groups in total.